The van der Waals surface area contributed by atoms with Crippen LogP contribution in [0.3, 0.4) is 0 Å². The molecule has 0 aromatic carbocycles. The molecule has 16 heavy (non-hydrogen) atoms. The molecule has 86 valence electrons. The molecule has 3 nitrogen and oxygen atoms in total. The van der Waals surface area contributed by atoms with Gasteiger partial charge < -0.3 is 5.73 Å². The van der Waals surface area contributed by atoms with Crippen LogP contribution in [0, 0.1) is 0 Å². The second-order valence-electron chi connectivity index (χ2n) is 4.12. The van der Waals surface area contributed by atoms with Gasteiger partial charge in [-0.1, -0.05) is 31.9 Å². The second kappa shape index (κ2) is 4.34. The first-order chi connectivity index (χ1) is 7.65. The summed E-state index contributed by atoms with van der Waals surface area (Å²) in [4.78, 5) is 4.54. The summed E-state index contributed by atoms with van der Waals surface area (Å²) in [7, 11) is 0. The highest BCUT2D eigenvalue weighted by molar-refractivity contribution is 6.33. The Morgan fingerprint density at radius 1 is 1.56 bits per heavy atom. The van der Waals surface area contributed by atoms with Crippen LogP contribution in [0.15, 0.2) is 18.3 Å². The van der Waals surface area contributed by atoms with Gasteiger partial charge in [0.25, 0.3) is 0 Å². The molecule has 4 heteroatoms. The van der Waals surface area contributed by atoms with Crippen LogP contribution in [0.2, 0.25) is 5.02 Å². The monoisotopic (exact) mass is 237 g/mol. The first-order valence-corrected chi connectivity index (χ1v) is 5.94. The van der Waals surface area contributed by atoms with Crippen molar-refractivity contribution in [3.05, 3.63) is 29.0 Å². The first kappa shape index (κ1) is 11.3. The summed E-state index contributed by atoms with van der Waals surface area (Å²) in [6.45, 7) is 4.31. The van der Waals surface area contributed by atoms with E-state index in [0.717, 1.165) is 24.2 Å². The van der Waals surface area contributed by atoms with Crippen LogP contribution in [0.25, 0.3) is 5.65 Å². The maximum atomic E-state index is 6.09. The quantitative estimate of drug-likeness (QED) is 0.888. The van der Waals surface area contributed by atoms with Crippen LogP contribution in [0.5, 0.6) is 0 Å². The van der Waals surface area contributed by atoms with Gasteiger partial charge >= 0.3 is 0 Å². The minimum absolute atomic E-state index is 0.376. The summed E-state index contributed by atoms with van der Waals surface area (Å²) >= 11 is 6.09. The number of aromatic nitrogens is 2. The smallest absolute Gasteiger partial charge is 0.157 e. The maximum Gasteiger partial charge on any atom is 0.157 e. The van der Waals surface area contributed by atoms with Crippen molar-refractivity contribution in [3.8, 4) is 0 Å². The number of imidazole rings is 1. The average Bonchev–Trinajstić information content (AvgIpc) is 2.59. The van der Waals surface area contributed by atoms with Crippen molar-refractivity contribution in [1.82, 2.24) is 9.38 Å². The molecule has 0 saturated heterocycles. The fourth-order valence-electron chi connectivity index (χ4n) is 2.00. The maximum absolute atomic E-state index is 6.09. The van der Waals surface area contributed by atoms with E-state index in [4.69, 9.17) is 17.3 Å². The first-order valence-electron chi connectivity index (χ1n) is 5.57. The molecule has 2 rings (SSSR count). The van der Waals surface area contributed by atoms with Crippen LogP contribution >= 0.6 is 11.6 Å². The van der Waals surface area contributed by atoms with E-state index in [1.54, 1.807) is 0 Å². The van der Waals surface area contributed by atoms with E-state index in [0.29, 0.717) is 16.8 Å². The minimum atomic E-state index is 0.376. The predicted molar refractivity (Wildman–Crippen MR) is 67.9 cm³/mol. The number of hydrogen-bond acceptors (Lipinski definition) is 2. The fraction of sp³-hybridized carbons (Fsp3) is 0.417. The number of fused-ring (bicyclic) bond motifs is 1. The molecular formula is C12H16ClN3. The van der Waals surface area contributed by atoms with Crippen molar-refractivity contribution < 1.29 is 0 Å². The van der Waals surface area contributed by atoms with Crippen molar-refractivity contribution >= 4 is 23.1 Å². The van der Waals surface area contributed by atoms with Gasteiger partial charge in [-0.3, -0.25) is 4.40 Å². The summed E-state index contributed by atoms with van der Waals surface area (Å²) in [6, 6.07) is 3.71. The van der Waals surface area contributed by atoms with Gasteiger partial charge in [-0.2, -0.15) is 0 Å². The highest BCUT2D eigenvalue weighted by Gasteiger charge is 2.16. The SMILES string of the molecule is CCCC(C)c1nc2c(Cl)cccn2c1N. The highest BCUT2D eigenvalue weighted by Crippen LogP contribution is 2.28. The molecule has 2 N–H and O–H groups in total. The Balaban J connectivity index is 2.55. The van der Waals surface area contributed by atoms with E-state index in [-0.39, 0.29) is 0 Å². The number of nitrogens with zero attached hydrogens (tertiary/aromatic N) is 2. The standard InChI is InChI=1S/C12H16ClN3/c1-3-5-8(2)10-11(14)16-7-4-6-9(13)12(16)15-10/h4,6-8H,3,5,14H2,1-2H3. The van der Waals surface area contributed by atoms with Crippen molar-refractivity contribution in [2.24, 2.45) is 0 Å². The largest absolute Gasteiger partial charge is 0.383 e. The Labute approximate surface area is 100 Å². The van der Waals surface area contributed by atoms with Gasteiger partial charge in [0.15, 0.2) is 5.65 Å². The van der Waals surface area contributed by atoms with Gasteiger partial charge in [-0.05, 0) is 18.6 Å². The predicted octanol–water partition coefficient (Wildman–Crippen LogP) is 3.47. The van der Waals surface area contributed by atoms with Gasteiger partial charge in [0.1, 0.15) is 5.82 Å². The molecule has 0 aliphatic carbocycles. The zero-order valence-corrected chi connectivity index (χ0v) is 10.3. The van der Waals surface area contributed by atoms with E-state index in [1.165, 1.54) is 0 Å². The molecule has 0 spiro atoms. The van der Waals surface area contributed by atoms with Crippen molar-refractivity contribution in [2.45, 2.75) is 32.6 Å². The van der Waals surface area contributed by atoms with Gasteiger partial charge in [0.2, 0.25) is 0 Å². The van der Waals surface area contributed by atoms with Gasteiger partial charge in [-0.15, -0.1) is 0 Å². The van der Waals surface area contributed by atoms with Crippen LogP contribution in [-0.4, -0.2) is 9.38 Å². The Morgan fingerprint density at radius 3 is 2.94 bits per heavy atom. The number of nitrogens with two attached hydrogens (primary N) is 1. The topological polar surface area (TPSA) is 43.3 Å². The third-order valence-electron chi connectivity index (χ3n) is 2.86. The molecular weight excluding hydrogens is 222 g/mol. The second-order valence-corrected chi connectivity index (χ2v) is 4.53. The number of halogens is 1. The molecule has 0 radical (unpaired) electrons. The minimum Gasteiger partial charge on any atom is -0.383 e. The molecule has 1 atom stereocenters. The molecule has 2 aromatic heterocycles. The lowest BCUT2D eigenvalue weighted by atomic mass is 10.0. The van der Waals surface area contributed by atoms with Gasteiger partial charge in [0.05, 0.1) is 10.7 Å². The average molecular weight is 238 g/mol. The highest BCUT2D eigenvalue weighted by atomic mass is 35.5. The lowest BCUT2D eigenvalue weighted by Gasteiger charge is -2.07. The molecule has 1 unspecified atom stereocenters. The summed E-state index contributed by atoms with van der Waals surface area (Å²) in [6.07, 6.45) is 4.11. The van der Waals surface area contributed by atoms with Gasteiger partial charge in [-0.25, -0.2) is 4.98 Å². The fourth-order valence-corrected chi connectivity index (χ4v) is 2.21. The summed E-state index contributed by atoms with van der Waals surface area (Å²) in [5, 5.41) is 0.643. The lowest BCUT2D eigenvalue weighted by molar-refractivity contribution is 0.653. The number of hydrogen-bond donors (Lipinski definition) is 1. The van der Waals surface area contributed by atoms with E-state index < -0.39 is 0 Å². The van der Waals surface area contributed by atoms with Crippen LogP contribution in [0.1, 0.15) is 38.3 Å². The Morgan fingerprint density at radius 2 is 2.31 bits per heavy atom. The Kier molecular flexibility index (Phi) is 3.06. The van der Waals surface area contributed by atoms with Crippen LogP contribution in [0.4, 0.5) is 5.82 Å². The molecule has 2 aromatic rings. The lowest BCUT2D eigenvalue weighted by Crippen LogP contribution is -2.00. The van der Waals surface area contributed by atoms with E-state index in [9.17, 15) is 0 Å². The molecule has 0 amide bonds. The molecule has 2 heterocycles. The molecule has 0 aliphatic rings. The van der Waals surface area contributed by atoms with Crippen molar-refractivity contribution in [3.63, 3.8) is 0 Å². The third kappa shape index (κ3) is 1.76. The van der Waals surface area contributed by atoms with Crippen LogP contribution in [-0.2, 0) is 0 Å². The van der Waals surface area contributed by atoms with Crippen molar-refractivity contribution in [2.75, 3.05) is 5.73 Å². The summed E-state index contributed by atoms with van der Waals surface area (Å²) in [5.74, 6) is 1.08. The number of anilines is 1. The van der Waals surface area contributed by atoms with Crippen LogP contribution < -0.4 is 5.73 Å². The molecule has 0 fully saturated rings. The molecule has 0 saturated carbocycles. The number of pyridine rings is 1. The van der Waals surface area contributed by atoms with E-state index in [2.05, 4.69) is 18.8 Å². The number of nitrogen functional groups attached to an aromatic ring is 1. The Hall–Kier alpha value is -1.22. The van der Waals surface area contributed by atoms with E-state index >= 15 is 0 Å². The number of rotatable bonds is 3. The van der Waals surface area contributed by atoms with Crippen molar-refractivity contribution in [1.29, 1.82) is 0 Å². The summed E-state index contributed by atoms with van der Waals surface area (Å²) in [5.41, 5.74) is 7.78. The van der Waals surface area contributed by atoms with Gasteiger partial charge in [0, 0.05) is 12.1 Å². The summed E-state index contributed by atoms with van der Waals surface area (Å²) < 4.78 is 1.85. The Bertz CT molecular complexity index is 504. The molecule has 0 bridgehead atoms. The molecule has 0 aliphatic heterocycles. The zero-order valence-electron chi connectivity index (χ0n) is 9.57. The zero-order chi connectivity index (χ0) is 11.7. The normalized spacial score (nSPS) is 13.2. The van der Waals surface area contributed by atoms with E-state index in [1.807, 2.05) is 22.7 Å². The third-order valence-corrected chi connectivity index (χ3v) is 3.15.